The Balaban J connectivity index is 1.45. The van der Waals surface area contributed by atoms with Crippen LogP contribution in [-0.2, 0) is 24.4 Å². The van der Waals surface area contributed by atoms with Crippen molar-refractivity contribution >= 4 is 16.9 Å². The maximum atomic E-state index is 12.6. The highest BCUT2D eigenvalue weighted by Crippen LogP contribution is 2.18. The number of aliphatic hydroxyl groups excluding tert-OH is 1. The van der Waals surface area contributed by atoms with E-state index in [0.29, 0.717) is 31.9 Å². The molecule has 0 bridgehead atoms. The summed E-state index contributed by atoms with van der Waals surface area (Å²) in [5.74, 6) is 0.00762. The molecule has 2 aromatic heterocycles. The number of aryl methyl sites for hydroxylation is 1. The molecule has 4 rings (SSSR count). The van der Waals surface area contributed by atoms with Gasteiger partial charge >= 0.3 is 5.69 Å². The third kappa shape index (κ3) is 2.92. The van der Waals surface area contributed by atoms with Crippen LogP contribution in [0, 0.1) is 0 Å². The number of carbonyl (C=O) groups is 1. The Kier molecular flexibility index (Phi) is 4.12. The molecular formula is C18H21N5O3. The fraction of sp³-hybridized carbons (Fsp3) is 0.389. The first-order chi connectivity index (χ1) is 12.5. The standard InChI is InChI=1S/C18H21N5O3/c1-12(24)15-10-13-11-21(8-9-23(13)20-15)17(25)6-7-22-16-5-3-2-4-14(16)19-18(22)26/h2-5,10,12,24H,6-9,11H2,1H3,(H,19,26)/t12-/m1/s1. The van der Waals surface area contributed by atoms with E-state index in [2.05, 4.69) is 10.1 Å². The second-order valence-corrected chi connectivity index (χ2v) is 6.62. The zero-order valence-electron chi connectivity index (χ0n) is 14.6. The van der Waals surface area contributed by atoms with E-state index >= 15 is 0 Å². The van der Waals surface area contributed by atoms with Crippen LogP contribution in [0.4, 0.5) is 0 Å². The van der Waals surface area contributed by atoms with Crippen molar-refractivity contribution in [2.45, 2.75) is 39.1 Å². The maximum absolute atomic E-state index is 12.6. The first-order valence-corrected chi connectivity index (χ1v) is 8.73. The summed E-state index contributed by atoms with van der Waals surface area (Å²) in [6, 6.07) is 9.30. The largest absolute Gasteiger partial charge is 0.387 e. The number of para-hydroxylation sites is 2. The molecule has 1 aromatic carbocycles. The van der Waals surface area contributed by atoms with Crippen LogP contribution in [0.1, 0.15) is 30.8 Å². The van der Waals surface area contributed by atoms with Gasteiger partial charge in [0, 0.05) is 19.5 Å². The molecule has 0 fully saturated rings. The van der Waals surface area contributed by atoms with E-state index in [1.807, 2.05) is 35.0 Å². The average molecular weight is 355 g/mol. The number of nitrogens with zero attached hydrogens (tertiary/aromatic N) is 4. The molecule has 0 radical (unpaired) electrons. The lowest BCUT2D eigenvalue weighted by molar-refractivity contribution is -0.132. The SMILES string of the molecule is C[C@@H](O)c1cc2n(n1)CCN(C(=O)CCn1c(=O)[nH]c3ccccc31)C2. The number of H-pyrrole nitrogens is 1. The minimum absolute atomic E-state index is 0.00762. The molecule has 1 aliphatic heterocycles. The van der Waals surface area contributed by atoms with Crippen molar-refractivity contribution in [3.63, 3.8) is 0 Å². The fourth-order valence-corrected chi connectivity index (χ4v) is 3.40. The van der Waals surface area contributed by atoms with Gasteiger partial charge in [-0.25, -0.2) is 4.79 Å². The lowest BCUT2D eigenvalue weighted by atomic mass is 10.2. The van der Waals surface area contributed by atoms with Crippen LogP contribution in [0.5, 0.6) is 0 Å². The van der Waals surface area contributed by atoms with Crippen LogP contribution >= 0.6 is 0 Å². The zero-order valence-corrected chi connectivity index (χ0v) is 14.6. The molecule has 1 atom stereocenters. The molecule has 0 spiro atoms. The van der Waals surface area contributed by atoms with Crippen molar-refractivity contribution in [1.82, 2.24) is 24.2 Å². The molecule has 0 aliphatic carbocycles. The predicted octanol–water partition coefficient (Wildman–Crippen LogP) is 1.01. The fourth-order valence-electron chi connectivity index (χ4n) is 3.40. The lowest BCUT2D eigenvalue weighted by Crippen LogP contribution is -2.39. The van der Waals surface area contributed by atoms with Gasteiger partial charge in [-0.05, 0) is 25.1 Å². The van der Waals surface area contributed by atoms with Crippen molar-refractivity contribution in [3.05, 3.63) is 52.2 Å². The van der Waals surface area contributed by atoms with Crippen molar-refractivity contribution in [2.75, 3.05) is 6.54 Å². The Morgan fingerprint density at radius 3 is 2.96 bits per heavy atom. The quantitative estimate of drug-likeness (QED) is 0.730. The number of aromatic nitrogens is 4. The molecule has 1 aliphatic rings. The summed E-state index contributed by atoms with van der Waals surface area (Å²) < 4.78 is 3.45. The molecule has 0 unspecified atom stereocenters. The van der Waals surface area contributed by atoms with Crippen LogP contribution < -0.4 is 5.69 Å². The topological polar surface area (TPSA) is 96.2 Å². The second-order valence-electron chi connectivity index (χ2n) is 6.62. The summed E-state index contributed by atoms with van der Waals surface area (Å²) in [6.45, 7) is 3.68. The maximum Gasteiger partial charge on any atom is 0.326 e. The van der Waals surface area contributed by atoms with E-state index in [0.717, 1.165) is 16.7 Å². The molecule has 8 heteroatoms. The van der Waals surface area contributed by atoms with Crippen LogP contribution in [0.15, 0.2) is 35.1 Å². The van der Waals surface area contributed by atoms with Gasteiger partial charge in [-0.1, -0.05) is 12.1 Å². The predicted molar refractivity (Wildman–Crippen MR) is 95.5 cm³/mol. The first kappa shape index (κ1) is 16.6. The zero-order chi connectivity index (χ0) is 18.3. The van der Waals surface area contributed by atoms with Crippen LogP contribution in [0.2, 0.25) is 0 Å². The number of nitrogens with one attached hydrogen (secondary N) is 1. The summed E-state index contributed by atoms with van der Waals surface area (Å²) in [5.41, 5.74) is 2.93. The summed E-state index contributed by atoms with van der Waals surface area (Å²) in [4.78, 5) is 29.3. The van der Waals surface area contributed by atoms with E-state index in [1.165, 1.54) is 0 Å². The minimum Gasteiger partial charge on any atom is -0.387 e. The Labute approximate surface area is 149 Å². The molecular weight excluding hydrogens is 334 g/mol. The van der Waals surface area contributed by atoms with E-state index < -0.39 is 6.10 Å². The monoisotopic (exact) mass is 355 g/mol. The Bertz CT molecular complexity index is 1010. The second kappa shape index (κ2) is 6.45. The summed E-state index contributed by atoms with van der Waals surface area (Å²) in [7, 11) is 0. The number of amides is 1. The van der Waals surface area contributed by atoms with E-state index in [4.69, 9.17) is 0 Å². The van der Waals surface area contributed by atoms with Crippen LogP contribution in [-0.4, -0.2) is 41.8 Å². The molecule has 0 saturated heterocycles. The van der Waals surface area contributed by atoms with Gasteiger partial charge < -0.3 is 15.0 Å². The van der Waals surface area contributed by atoms with Crippen LogP contribution in [0.25, 0.3) is 11.0 Å². The van der Waals surface area contributed by atoms with Crippen LogP contribution in [0.3, 0.4) is 0 Å². The van der Waals surface area contributed by atoms with Crippen molar-refractivity contribution < 1.29 is 9.90 Å². The molecule has 3 heterocycles. The third-order valence-corrected chi connectivity index (χ3v) is 4.83. The van der Waals surface area contributed by atoms with Gasteiger partial charge in [0.25, 0.3) is 0 Å². The number of imidazole rings is 1. The summed E-state index contributed by atoms with van der Waals surface area (Å²) >= 11 is 0. The normalized spacial score (nSPS) is 15.2. The molecule has 8 nitrogen and oxygen atoms in total. The van der Waals surface area contributed by atoms with Gasteiger partial charge in [0.05, 0.1) is 41.6 Å². The van der Waals surface area contributed by atoms with E-state index in [1.54, 1.807) is 16.4 Å². The van der Waals surface area contributed by atoms with Crippen molar-refractivity contribution in [3.8, 4) is 0 Å². The number of carbonyl (C=O) groups excluding carboxylic acids is 1. The Morgan fingerprint density at radius 1 is 1.35 bits per heavy atom. The van der Waals surface area contributed by atoms with E-state index in [9.17, 15) is 14.7 Å². The summed E-state index contributed by atoms with van der Waals surface area (Å²) in [5, 5.41) is 14.0. The molecule has 3 aromatic rings. The Morgan fingerprint density at radius 2 is 2.15 bits per heavy atom. The van der Waals surface area contributed by atoms with Gasteiger partial charge in [-0.15, -0.1) is 0 Å². The highest BCUT2D eigenvalue weighted by atomic mass is 16.3. The highest BCUT2D eigenvalue weighted by molar-refractivity contribution is 5.77. The molecule has 1 amide bonds. The number of benzene rings is 1. The smallest absolute Gasteiger partial charge is 0.326 e. The van der Waals surface area contributed by atoms with Gasteiger partial charge in [0.1, 0.15) is 0 Å². The number of rotatable bonds is 4. The third-order valence-electron chi connectivity index (χ3n) is 4.83. The van der Waals surface area contributed by atoms with Gasteiger partial charge in [0.2, 0.25) is 5.91 Å². The van der Waals surface area contributed by atoms with Gasteiger partial charge in [0.15, 0.2) is 0 Å². The van der Waals surface area contributed by atoms with Crippen molar-refractivity contribution in [2.24, 2.45) is 0 Å². The Hall–Kier alpha value is -2.87. The first-order valence-electron chi connectivity index (χ1n) is 8.73. The molecule has 136 valence electrons. The van der Waals surface area contributed by atoms with E-state index in [-0.39, 0.29) is 18.0 Å². The number of aromatic amines is 1. The number of aliphatic hydroxyl groups is 1. The lowest BCUT2D eigenvalue weighted by Gasteiger charge is -2.27. The number of hydrogen-bond donors (Lipinski definition) is 2. The molecule has 26 heavy (non-hydrogen) atoms. The minimum atomic E-state index is -0.619. The average Bonchev–Trinajstić information content (AvgIpc) is 3.19. The summed E-state index contributed by atoms with van der Waals surface area (Å²) in [6.07, 6.45) is -0.356. The van der Waals surface area contributed by atoms with Gasteiger partial charge in [-0.2, -0.15) is 5.10 Å². The number of fused-ring (bicyclic) bond motifs is 2. The molecule has 2 N–H and O–H groups in total. The highest BCUT2D eigenvalue weighted by Gasteiger charge is 2.23. The van der Waals surface area contributed by atoms with Crippen molar-refractivity contribution in [1.29, 1.82) is 0 Å². The van der Waals surface area contributed by atoms with Gasteiger partial charge in [-0.3, -0.25) is 14.0 Å². The molecule has 0 saturated carbocycles. The number of hydrogen-bond acceptors (Lipinski definition) is 4.